The molecule has 192 valence electrons. The number of piperidine rings is 1. The zero-order valence-electron chi connectivity index (χ0n) is 21.1. The quantitative estimate of drug-likeness (QED) is 0.538. The lowest BCUT2D eigenvalue weighted by Gasteiger charge is -2.46. The molecule has 1 aromatic carbocycles. The van der Waals surface area contributed by atoms with E-state index in [1.165, 1.54) is 25.7 Å². The molecule has 3 fully saturated rings. The van der Waals surface area contributed by atoms with E-state index in [4.69, 9.17) is 9.47 Å². The molecule has 3 aromatic rings. The zero-order chi connectivity index (χ0) is 25.2. The molecule has 0 unspecified atom stereocenters. The third-order valence-electron chi connectivity index (χ3n) is 8.19. The van der Waals surface area contributed by atoms with Gasteiger partial charge in [-0.15, -0.1) is 20.4 Å². The number of aromatic hydroxyl groups is 1. The first-order valence-corrected chi connectivity index (χ1v) is 13.1. The number of aromatic nitrogens is 5. The number of ether oxygens (including phenoxy) is 2. The number of benzene rings is 1. The summed E-state index contributed by atoms with van der Waals surface area (Å²) < 4.78 is 11.0. The number of nitrogens with one attached hydrogen (secondary N) is 1. The Morgan fingerprint density at radius 3 is 2.43 bits per heavy atom. The number of rotatable bonds is 5. The maximum absolute atomic E-state index is 10.8. The van der Waals surface area contributed by atoms with Crippen molar-refractivity contribution in [3.05, 3.63) is 30.5 Å². The summed E-state index contributed by atoms with van der Waals surface area (Å²) in [5.74, 6) is 2.20. The highest BCUT2D eigenvalue weighted by Crippen LogP contribution is 2.46. The molecule has 2 bridgehead atoms. The first-order chi connectivity index (χ1) is 17.9. The highest BCUT2D eigenvalue weighted by Gasteiger charge is 2.51. The van der Waals surface area contributed by atoms with Gasteiger partial charge in [-0.25, -0.2) is 4.98 Å². The fourth-order valence-electron chi connectivity index (χ4n) is 6.43. The van der Waals surface area contributed by atoms with Gasteiger partial charge in [-0.1, -0.05) is 6.07 Å². The summed E-state index contributed by atoms with van der Waals surface area (Å²) in [7, 11) is 0. The molecule has 0 spiro atoms. The van der Waals surface area contributed by atoms with Gasteiger partial charge in [0, 0.05) is 34.8 Å². The molecule has 2 saturated heterocycles. The lowest BCUT2D eigenvalue weighted by atomic mass is 9.84. The lowest BCUT2D eigenvalue weighted by Crippen LogP contribution is -2.59. The monoisotopic (exact) mass is 501 g/mol. The standard InChI is InChI=1S/C27H31N7O3/c1-26-7-8-27(2,33-26)14-18(13-26)34(17-4-5-17)23-15-28-24(31-30-23)19-6-3-16(11-21(19)35)20-12-22-25(32-29-20)37-10-9-36-22/h3,6,11-12,15,17-18,33,35H,4-5,7-10,13-14H2,1-2H3/t18-,26-,27+. The minimum Gasteiger partial charge on any atom is -0.507 e. The fraction of sp³-hybridized carbons (Fsp3) is 0.519. The van der Waals surface area contributed by atoms with Crippen LogP contribution < -0.4 is 19.7 Å². The Kier molecular flexibility index (Phi) is 5.04. The number of nitrogens with zero attached hydrogens (tertiary/aromatic N) is 6. The molecule has 2 N–H and O–H groups in total. The Labute approximate surface area is 215 Å². The maximum Gasteiger partial charge on any atom is 0.276 e. The maximum atomic E-state index is 10.8. The molecule has 1 aliphatic carbocycles. The smallest absolute Gasteiger partial charge is 0.276 e. The number of hydrogen-bond donors (Lipinski definition) is 2. The van der Waals surface area contributed by atoms with Crippen molar-refractivity contribution in [3.8, 4) is 40.0 Å². The molecule has 7 rings (SSSR count). The lowest BCUT2D eigenvalue weighted by molar-refractivity contribution is 0.162. The molecule has 0 radical (unpaired) electrons. The number of anilines is 1. The average Bonchev–Trinajstić information content (AvgIpc) is 3.69. The number of phenolic OH excluding ortho intramolecular Hbond substituents is 1. The first kappa shape index (κ1) is 22.7. The van der Waals surface area contributed by atoms with Crippen molar-refractivity contribution in [2.45, 2.75) is 75.5 Å². The molecule has 3 atom stereocenters. The highest BCUT2D eigenvalue weighted by molar-refractivity contribution is 5.72. The third-order valence-corrected chi connectivity index (χ3v) is 8.19. The van der Waals surface area contributed by atoms with Crippen molar-refractivity contribution in [2.75, 3.05) is 18.1 Å². The molecule has 5 heterocycles. The predicted molar refractivity (Wildman–Crippen MR) is 137 cm³/mol. The van der Waals surface area contributed by atoms with Crippen molar-refractivity contribution in [2.24, 2.45) is 0 Å². The summed E-state index contributed by atoms with van der Waals surface area (Å²) in [6.07, 6.45) is 8.83. The van der Waals surface area contributed by atoms with Gasteiger partial charge in [-0.2, -0.15) is 0 Å². The molecule has 10 heteroatoms. The van der Waals surface area contributed by atoms with Crippen LogP contribution in [0.25, 0.3) is 22.6 Å². The molecule has 4 aliphatic rings. The van der Waals surface area contributed by atoms with Crippen molar-refractivity contribution in [1.29, 1.82) is 0 Å². The zero-order valence-corrected chi connectivity index (χ0v) is 21.1. The van der Waals surface area contributed by atoms with Crippen molar-refractivity contribution < 1.29 is 14.6 Å². The van der Waals surface area contributed by atoms with Crippen LogP contribution in [0.4, 0.5) is 5.82 Å². The number of phenols is 1. The minimum absolute atomic E-state index is 0.0542. The SMILES string of the molecule is C[C@]12CC[C@](C)(C[C@@H](N(c3cnc(-c4ccc(-c5cc6c(nn5)OCCO6)cc4O)nn3)C3CC3)C1)N2. The van der Waals surface area contributed by atoms with Gasteiger partial charge in [-0.05, 0) is 64.5 Å². The fourth-order valence-corrected chi connectivity index (χ4v) is 6.43. The van der Waals surface area contributed by atoms with Crippen molar-refractivity contribution in [1.82, 2.24) is 30.7 Å². The van der Waals surface area contributed by atoms with E-state index in [2.05, 4.69) is 49.4 Å². The Bertz CT molecular complexity index is 1330. The Morgan fingerprint density at radius 2 is 1.73 bits per heavy atom. The summed E-state index contributed by atoms with van der Waals surface area (Å²) in [5, 5.41) is 32.0. The summed E-state index contributed by atoms with van der Waals surface area (Å²) >= 11 is 0. The summed E-state index contributed by atoms with van der Waals surface area (Å²) in [5.41, 5.74) is 2.17. The topological polar surface area (TPSA) is 118 Å². The third kappa shape index (κ3) is 4.13. The van der Waals surface area contributed by atoms with Crippen LogP contribution >= 0.6 is 0 Å². The van der Waals surface area contributed by atoms with Gasteiger partial charge in [-0.3, -0.25) is 0 Å². The second-order valence-corrected chi connectivity index (χ2v) is 11.4. The van der Waals surface area contributed by atoms with Crippen LogP contribution in [0.5, 0.6) is 17.4 Å². The van der Waals surface area contributed by atoms with E-state index >= 15 is 0 Å². The van der Waals surface area contributed by atoms with Crippen LogP contribution in [0.1, 0.15) is 52.4 Å². The van der Waals surface area contributed by atoms with Gasteiger partial charge in [0.25, 0.3) is 5.88 Å². The van der Waals surface area contributed by atoms with Gasteiger partial charge in [0.05, 0.1) is 17.5 Å². The van der Waals surface area contributed by atoms with E-state index < -0.39 is 0 Å². The van der Waals surface area contributed by atoms with Gasteiger partial charge in [0.2, 0.25) is 0 Å². The molecule has 1 saturated carbocycles. The number of hydrogen-bond acceptors (Lipinski definition) is 10. The summed E-state index contributed by atoms with van der Waals surface area (Å²) in [6.45, 7) is 5.63. The second-order valence-electron chi connectivity index (χ2n) is 11.4. The minimum atomic E-state index is 0.0542. The van der Waals surface area contributed by atoms with Gasteiger partial charge in [0.1, 0.15) is 19.0 Å². The highest BCUT2D eigenvalue weighted by atomic mass is 16.6. The van der Waals surface area contributed by atoms with E-state index in [1.807, 2.05) is 12.3 Å². The molecular formula is C27H31N7O3. The second kappa shape index (κ2) is 8.24. The number of fused-ring (bicyclic) bond motifs is 3. The molecule has 0 amide bonds. The predicted octanol–water partition coefficient (Wildman–Crippen LogP) is 3.50. The van der Waals surface area contributed by atoms with Gasteiger partial charge < -0.3 is 24.8 Å². The van der Waals surface area contributed by atoms with E-state index in [9.17, 15) is 5.11 Å². The van der Waals surface area contributed by atoms with Gasteiger partial charge >= 0.3 is 0 Å². The van der Waals surface area contributed by atoms with Crippen LogP contribution in [0, 0.1) is 0 Å². The largest absolute Gasteiger partial charge is 0.507 e. The van der Waals surface area contributed by atoms with E-state index in [1.54, 1.807) is 18.2 Å². The van der Waals surface area contributed by atoms with Crippen molar-refractivity contribution in [3.63, 3.8) is 0 Å². The van der Waals surface area contributed by atoms with E-state index in [0.29, 0.717) is 59.6 Å². The Morgan fingerprint density at radius 1 is 0.946 bits per heavy atom. The van der Waals surface area contributed by atoms with Crippen molar-refractivity contribution >= 4 is 5.82 Å². The van der Waals surface area contributed by atoms with Crippen LogP contribution in [0.15, 0.2) is 30.5 Å². The summed E-state index contributed by atoms with van der Waals surface area (Å²) in [4.78, 5) is 7.10. The molecule has 3 aliphatic heterocycles. The Balaban J connectivity index is 1.14. The van der Waals surface area contributed by atoms with Gasteiger partial charge in [0.15, 0.2) is 17.4 Å². The van der Waals surface area contributed by atoms with E-state index in [0.717, 1.165) is 18.7 Å². The van der Waals surface area contributed by atoms with E-state index in [-0.39, 0.29) is 16.8 Å². The molecule has 37 heavy (non-hydrogen) atoms. The van der Waals surface area contributed by atoms with Crippen LogP contribution in [-0.4, -0.2) is 66.9 Å². The normalized spacial score (nSPS) is 28.2. The molecule has 10 nitrogen and oxygen atoms in total. The van der Waals surface area contributed by atoms with Crippen LogP contribution in [0.3, 0.4) is 0 Å². The average molecular weight is 502 g/mol. The van der Waals surface area contributed by atoms with Crippen LogP contribution in [-0.2, 0) is 0 Å². The molecular weight excluding hydrogens is 470 g/mol. The summed E-state index contributed by atoms with van der Waals surface area (Å²) in [6, 6.07) is 7.97. The Hall–Kier alpha value is -3.53. The van der Waals surface area contributed by atoms with Crippen LogP contribution in [0.2, 0.25) is 0 Å². The molecule has 2 aromatic heterocycles. The first-order valence-electron chi connectivity index (χ1n) is 13.1.